The van der Waals surface area contributed by atoms with Crippen LogP contribution in [0.5, 0.6) is 0 Å². The van der Waals surface area contributed by atoms with Crippen molar-refractivity contribution in [3.05, 3.63) is 41.9 Å². The minimum absolute atomic E-state index is 0.00645. The number of nitrogens with one attached hydrogen (secondary N) is 1. The number of aliphatic imine (C=N–C) groups is 2. The van der Waals surface area contributed by atoms with Gasteiger partial charge in [0, 0.05) is 43.7 Å². The Bertz CT molecular complexity index is 1080. The Balaban J connectivity index is 0.000000866. The average Bonchev–Trinajstić information content (AvgIpc) is 3.80. The highest BCUT2D eigenvalue weighted by atomic mass is 35.5. The first-order valence-electron chi connectivity index (χ1n) is 13.4. The van der Waals surface area contributed by atoms with Crippen LogP contribution in [0, 0.1) is 17.7 Å². The van der Waals surface area contributed by atoms with E-state index in [1.54, 1.807) is 30.6 Å². The van der Waals surface area contributed by atoms with Crippen molar-refractivity contribution < 1.29 is 9.50 Å². The van der Waals surface area contributed by atoms with Gasteiger partial charge >= 0.3 is 0 Å². The third kappa shape index (κ3) is 11.5. The Hall–Kier alpha value is -2.53. The summed E-state index contributed by atoms with van der Waals surface area (Å²) in [5, 5.41) is 12.8. The minimum atomic E-state index is -0.384. The number of halogens is 2. The molecule has 8 nitrogen and oxygen atoms in total. The largest absolute Gasteiger partial charge is 0.404 e. The van der Waals surface area contributed by atoms with Crippen molar-refractivity contribution in [2.45, 2.75) is 38.0 Å². The summed E-state index contributed by atoms with van der Waals surface area (Å²) >= 11 is 6.02. The van der Waals surface area contributed by atoms with Gasteiger partial charge in [-0.15, -0.1) is 23.4 Å². The standard InChI is InChI=1S/C23H31FN6OS.C5H11N.CH3Cl/c1-5-10-27-14-17(13-25)16(2)15-30(11-12-31)23-28-20(18-8-6-7-9-19(18)24)21(32-4)22(26-3)29-23;1-6-4-5-2-3-5;1-2/h6-9,13-14,16,31H,3,5,10-12,15,25H2,1-2,4H3;5-6H,2-4H2,1H3;1H3/b17-13+,27-14?;;. The molecule has 0 amide bonds. The Labute approximate surface area is 248 Å². The molecule has 40 heavy (non-hydrogen) atoms. The molecule has 222 valence electrons. The molecule has 0 spiro atoms. The van der Waals surface area contributed by atoms with Crippen LogP contribution in [0.25, 0.3) is 11.3 Å². The maximum atomic E-state index is 14.6. The highest BCUT2D eigenvalue weighted by molar-refractivity contribution is 7.98. The summed E-state index contributed by atoms with van der Waals surface area (Å²) in [5.74, 6) is 1.36. The van der Waals surface area contributed by atoms with Gasteiger partial charge in [0.25, 0.3) is 0 Å². The predicted molar refractivity (Wildman–Crippen MR) is 171 cm³/mol. The molecule has 0 saturated heterocycles. The van der Waals surface area contributed by atoms with E-state index in [1.807, 2.05) is 25.1 Å². The third-order valence-electron chi connectivity index (χ3n) is 6.01. The highest BCUT2D eigenvalue weighted by Gasteiger charge is 2.22. The molecule has 1 aliphatic rings. The molecule has 1 aliphatic carbocycles. The first kappa shape index (κ1) is 35.5. The second-order valence-electron chi connectivity index (χ2n) is 9.14. The molecule has 0 bridgehead atoms. The van der Waals surface area contributed by atoms with Gasteiger partial charge in [-0.25, -0.2) is 14.4 Å². The third-order valence-corrected chi connectivity index (χ3v) is 6.79. The maximum Gasteiger partial charge on any atom is 0.228 e. The summed E-state index contributed by atoms with van der Waals surface area (Å²) in [6.45, 7) is 10.3. The van der Waals surface area contributed by atoms with Gasteiger partial charge in [0.1, 0.15) is 5.82 Å². The smallest absolute Gasteiger partial charge is 0.228 e. The summed E-state index contributed by atoms with van der Waals surface area (Å²) in [7, 11) is 2.01. The van der Waals surface area contributed by atoms with Crippen molar-refractivity contribution in [2.24, 2.45) is 27.6 Å². The zero-order valence-corrected chi connectivity index (χ0v) is 26.0. The summed E-state index contributed by atoms with van der Waals surface area (Å²) in [5.41, 5.74) is 7.50. The second kappa shape index (κ2) is 20.4. The van der Waals surface area contributed by atoms with E-state index in [9.17, 15) is 9.50 Å². The fraction of sp³-hybridized carbons (Fsp3) is 0.517. The molecule has 3 rings (SSSR count). The SMILES string of the molecule is C=Nc1nc(N(CCO)CC(C)/C(C=NCCC)=C/N)nc(-c2ccccc2F)c1SC.CCl.CNCC1CC1. The van der Waals surface area contributed by atoms with Gasteiger partial charge in [-0.1, -0.05) is 26.0 Å². The number of nitrogens with two attached hydrogens (primary N) is 1. The molecular weight excluding hydrogens is 549 g/mol. The van der Waals surface area contributed by atoms with Crippen LogP contribution in [0.2, 0.25) is 0 Å². The van der Waals surface area contributed by atoms with Crippen LogP contribution in [-0.2, 0) is 0 Å². The van der Waals surface area contributed by atoms with Crippen molar-refractivity contribution in [2.75, 3.05) is 57.4 Å². The summed E-state index contributed by atoms with van der Waals surface area (Å²) in [4.78, 5) is 20.2. The number of nitrogens with zero attached hydrogens (tertiary/aromatic N) is 5. The van der Waals surface area contributed by atoms with E-state index in [-0.39, 0.29) is 18.3 Å². The minimum Gasteiger partial charge on any atom is -0.404 e. The Morgan fingerprint density at radius 3 is 2.55 bits per heavy atom. The lowest BCUT2D eigenvalue weighted by molar-refractivity contribution is 0.300. The molecule has 1 heterocycles. The van der Waals surface area contributed by atoms with Crippen LogP contribution >= 0.6 is 23.4 Å². The maximum absolute atomic E-state index is 14.6. The number of rotatable bonds is 14. The number of aromatic nitrogens is 2. The predicted octanol–water partition coefficient (Wildman–Crippen LogP) is 5.57. The number of hydrogen-bond acceptors (Lipinski definition) is 9. The van der Waals surface area contributed by atoms with E-state index < -0.39 is 0 Å². The Kier molecular flexibility index (Phi) is 18.1. The van der Waals surface area contributed by atoms with Crippen LogP contribution in [-0.4, -0.2) is 80.5 Å². The van der Waals surface area contributed by atoms with E-state index in [0.717, 1.165) is 24.5 Å². The number of aliphatic hydroxyl groups is 1. The quantitative estimate of drug-likeness (QED) is 0.149. The van der Waals surface area contributed by atoms with Crippen molar-refractivity contribution in [1.29, 1.82) is 0 Å². The molecule has 0 aliphatic heterocycles. The van der Waals surface area contributed by atoms with Crippen LogP contribution in [0.15, 0.2) is 50.9 Å². The van der Waals surface area contributed by atoms with Gasteiger partial charge in [-0.05, 0) is 75.7 Å². The monoisotopic (exact) mass is 593 g/mol. The molecule has 1 saturated carbocycles. The molecule has 1 aromatic heterocycles. The first-order valence-corrected chi connectivity index (χ1v) is 15.4. The van der Waals surface area contributed by atoms with Gasteiger partial charge in [0.2, 0.25) is 5.95 Å². The van der Waals surface area contributed by atoms with Crippen molar-refractivity contribution in [3.63, 3.8) is 0 Å². The van der Waals surface area contributed by atoms with Crippen molar-refractivity contribution in [1.82, 2.24) is 15.3 Å². The number of anilines is 1. The topological polar surface area (TPSA) is 112 Å². The Morgan fingerprint density at radius 1 is 1.35 bits per heavy atom. The van der Waals surface area contributed by atoms with Gasteiger partial charge in [-0.2, -0.15) is 4.98 Å². The van der Waals surface area contributed by atoms with Crippen LogP contribution in [0.1, 0.15) is 33.1 Å². The second-order valence-corrected chi connectivity index (χ2v) is 9.96. The summed E-state index contributed by atoms with van der Waals surface area (Å²) < 4.78 is 14.6. The highest BCUT2D eigenvalue weighted by Crippen LogP contribution is 2.37. The van der Waals surface area contributed by atoms with Gasteiger partial charge in [0.05, 0.1) is 17.2 Å². The van der Waals surface area contributed by atoms with Crippen LogP contribution < -0.4 is 16.0 Å². The molecular formula is C29H45ClFN7OS. The molecule has 1 atom stereocenters. The first-order chi connectivity index (χ1) is 19.4. The number of hydrogen-bond donors (Lipinski definition) is 3. The summed E-state index contributed by atoms with van der Waals surface area (Å²) in [6, 6.07) is 6.45. The fourth-order valence-corrected chi connectivity index (χ4v) is 4.42. The number of alkyl halides is 1. The molecule has 2 aromatic rings. The molecule has 11 heteroatoms. The van der Waals surface area contributed by atoms with Gasteiger partial charge in [-0.3, -0.25) is 4.99 Å². The number of aliphatic hydroxyl groups excluding tert-OH is 1. The van der Waals surface area contributed by atoms with E-state index >= 15 is 0 Å². The molecule has 1 unspecified atom stereocenters. The van der Waals surface area contributed by atoms with E-state index in [1.165, 1.54) is 43.6 Å². The van der Waals surface area contributed by atoms with Gasteiger partial charge < -0.3 is 21.1 Å². The van der Waals surface area contributed by atoms with E-state index in [0.29, 0.717) is 41.0 Å². The number of thioether (sulfide) groups is 1. The lowest BCUT2D eigenvalue weighted by Crippen LogP contribution is -2.34. The lowest BCUT2D eigenvalue weighted by atomic mass is 10.0. The molecule has 1 fully saturated rings. The normalized spacial score (nSPS) is 13.7. The van der Waals surface area contributed by atoms with Gasteiger partial charge in [0.15, 0.2) is 5.82 Å². The summed E-state index contributed by atoms with van der Waals surface area (Å²) in [6.07, 6.45) is 10.5. The zero-order valence-electron chi connectivity index (χ0n) is 24.4. The zero-order chi connectivity index (χ0) is 29.9. The van der Waals surface area contributed by atoms with E-state index in [4.69, 9.17) is 5.73 Å². The lowest BCUT2D eigenvalue weighted by Gasteiger charge is -2.26. The molecule has 1 aromatic carbocycles. The average molecular weight is 594 g/mol. The molecule has 4 N–H and O–H groups in total. The number of benzene rings is 1. The van der Waals surface area contributed by atoms with Crippen LogP contribution in [0.4, 0.5) is 16.2 Å². The van der Waals surface area contributed by atoms with Crippen LogP contribution in [0.3, 0.4) is 0 Å². The van der Waals surface area contributed by atoms with Crippen molar-refractivity contribution >= 4 is 48.1 Å². The van der Waals surface area contributed by atoms with Crippen molar-refractivity contribution in [3.8, 4) is 11.3 Å². The van der Waals surface area contributed by atoms with E-state index in [2.05, 4.69) is 50.5 Å². The Morgan fingerprint density at radius 2 is 2.05 bits per heavy atom. The fourth-order valence-electron chi connectivity index (χ4n) is 3.77. The molecule has 0 radical (unpaired) electrons.